The highest BCUT2D eigenvalue weighted by molar-refractivity contribution is 7.84. The van der Waals surface area contributed by atoms with Gasteiger partial charge in [0.2, 0.25) is 0 Å². The van der Waals surface area contributed by atoms with Crippen LogP contribution in [0.3, 0.4) is 0 Å². The Balaban J connectivity index is 0.000000313. The first-order valence-electron chi connectivity index (χ1n) is 7.15. The fourth-order valence-electron chi connectivity index (χ4n) is 2.14. The van der Waals surface area contributed by atoms with Crippen LogP contribution in [0.2, 0.25) is 10.0 Å². The molecule has 2 rings (SSSR count). The summed E-state index contributed by atoms with van der Waals surface area (Å²) in [5.74, 6) is -1.31. The van der Waals surface area contributed by atoms with Crippen molar-refractivity contribution in [2.45, 2.75) is 44.3 Å². The molecule has 0 spiro atoms. The standard InChI is InChI=1S/C9H11Cl2NO3S.C5H10O2/c10-8-4-1-5-9(11)7(8)3-2-6-15-16(12,13)14;6-5(7)3-1-2-4-5/h1,4-5H,2-3,6H2,(H2,12,13,14);6-7H,1-4H2. The van der Waals surface area contributed by atoms with Gasteiger partial charge >= 0.3 is 10.3 Å². The van der Waals surface area contributed by atoms with Crippen LogP contribution in [0.25, 0.3) is 0 Å². The summed E-state index contributed by atoms with van der Waals surface area (Å²) >= 11 is 11.9. The van der Waals surface area contributed by atoms with Gasteiger partial charge in [-0.1, -0.05) is 29.3 Å². The molecule has 0 bridgehead atoms. The Hall–Kier alpha value is -0.410. The lowest BCUT2D eigenvalue weighted by Gasteiger charge is -2.11. The summed E-state index contributed by atoms with van der Waals surface area (Å²) in [7, 11) is -3.86. The number of aliphatic hydroxyl groups is 2. The summed E-state index contributed by atoms with van der Waals surface area (Å²) in [4.78, 5) is 0. The lowest BCUT2D eigenvalue weighted by atomic mass is 10.1. The minimum Gasteiger partial charge on any atom is -0.366 e. The fourth-order valence-corrected chi connectivity index (χ4v) is 3.07. The van der Waals surface area contributed by atoms with Crippen molar-refractivity contribution < 1.29 is 22.8 Å². The van der Waals surface area contributed by atoms with Crippen LogP contribution in [0.4, 0.5) is 0 Å². The Kier molecular flexibility index (Phi) is 8.23. The van der Waals surface area contributed by atoms with Crippen LogP contribution in [0.1, 0.15) is 37.7 Å². The lowest BCUT2D eigenvalue weighted by Crippen LogP contribution is -2.21. The highest BCUT2D eigenvalue weighted by Gasteiger charge is 2.26. The van der Waals surface area contributed by atoms with Crippen LogP contribution < -0.4 is 5.14 Å². The van der Waals surface area contributed by atoms with Gasteiger partial charge in [0.15, 0.2) is 5.79 Å². The molecule has 0 amide bonds. The Morgan fingerprint density at radius 2 is 1.70 bits per heavy atom. The molecular weight excluding hydrogens is 365 g/mol. The number of halogens is 2. The zero-order valence-electron chi connectivity index (χ0n) is 12.5. The van der Waals surface area contributed by atoms with Gasteiger partial charge in [-0.2, -0.15) is 8.42 Å². The molecule has 1 aliphatic rings. The first kappa shape index (κ1) is 20.6. The van der Waals surface area contributed by atoms with Crippen molar-refractivity contribution in [3.05, 3.63) is 33.8 Å². The molecule has 0 unspecified atom stereocenters. The molecule has 6 nitrogen and oxygen atoms in total. The Morgan fingerprint density at radius 1 is 1.17 bits per heavy atom. The van der Waals surface area contributed by atoms with Crippen molar-refractivity contribution in [1.82, 2.24) is 0 Å². The normalized spacial score (nSPS) is 16.7. The van der Waals surface area contributed by atoms with Crippen LogP contribution in [0.5, 0.6) is 0 Å². The van der Waals surface area contributed by atoms with E-state index in [1.807, 2.05) is 0 Å². The van der Waals surface area contributed by atoms with Gasteiger partial charge in [0.25, 0.3) is 0 Å². The summed E-state index contributed by atoms with van der Waals surface area (Å²) in [6.45, 7) is 0.0143. The largest absolute Gasteiger partial charge is 0.366 e. The van der Waals surface area contributed by atoms with Crippen LogP contribution in [0, 0.1) is 0 Å². The van der Waals surface area contributed by atoms with E-state index in [9.17, 15) is 8.42 Å². The summed E-state index contributed by atoms with van der Waals surface area (Å²) < 4.78 is 25.4. The van der Waals surface area contributed by atoms with Crippen molar-refractivity contribution in [3.8, 4) is 0 Å². The van der Waals surface area contributed by atoms with Crippen molar-refractivity contribution in [1.29, 1.82) is 0 Å². The zero-order valence-corrected chi connectivity index (χ0v) is 14.9. The highest BCUT2D eigenvalue weighted by atomic mass is 35.5. The van der Waals surface area contributed by atoms with Crippen LogP contribution in [0.15, 0.2) is 18.2 Å². The van der Waals surface area contributed by atoms with Crippen molar-refractivity contribution >= 4 is 33.5 Å². The van der Waals surface area contributed by atoms with E-state index in [0.29, 0.717) is 35.7 Å². The molecule has 0 radical (unpaired) electrons. The van der Waals surface area contributed by atoms with Gasteiger partial charge in [-0.3, -0.25) is 4.18 Å². The molecule has 0 aromatic heterocycles. The summed E-state index contributed by atoms with van der Waals surface area (Å²) in [5.41, 5.74) is 0.781. The fraction of sp³-hybridized carbons (Fsp3) is 0.571. The monoisotopic (exact) mass is 385 g/mol. The van der Waals surface area contributed by atoms with Crippen molar-refractivity contribution in [2.75, 3.05) is 6.61 Å². The molecule has 0 saturated heterocycles. The first-order chi connectivity index (χ1) is 10.6. The number of benzene rings is 1. The summed E-state index contributed by atoms with van der Waals surface area (Å²) in [6, 6.07) is 5.20. The molecule has 0 heterocycles. The molecule has 1 aliphatic carbocycles. The molecule has 4 N–H and O–H groups in total. The number of rotatable bonds is 5. The third kappa shape index (κ3) is 8.85. The SMILES string of the molecule is NS(=O)(=O)OCCCc1c(Cl)cccc1Cl.OC1(O)CCCC1. The van der Waals surface area contributed by atoms with E-state index in [4.69, 9.17) is 33.4 Å². The van der Waals surface area contributed by atoms with Gasteiger partial charge in [0.1, 0.15) is 0 Å². The van der Waals surface area contributed by atoms with Gasteiger partial charge in [-0.25, -0.2) is 5.14 Å². The average molecular weight is 386 g/mol. The minimum atomic E-state index is -3.86. The van der Waals surface area contributed by atoms with E-state index in [1.54, 1.807) is 18.2 Å². The molecule has 0 atom stereocenters. The van der Waals surface area contributed by atoms with Gasteiger partial charge < -0.3 is 10.2 Å². The minimum absolute atomic E-state index is 0.0143. The molecule has 0 aliphatic heterocycles. The van der Waals surface area contributed by atoms with Gasteiger partial charge in [-0.05, 0) is 43.4 Å². The van der Waals surface area contributed by atoms with Crippen LogP contribution >= 0.6 is 23.2 Å². The van der Waals surface area contributed by atoms with Crippen LogP contribution in [-0.4, -0.2) is 31.0 Å². The second kappa shape index (κ2) is 9.17. The molecule has 1 aromatic rings. The van der Waals surface area contributed by atoms with E-state index in [0.717, 1.165) is 18.4 Å². The quantitative estimate of drug-likeness (QED) is 0.532. The van der Waals surface area contributed by atoms with Crippen molar-refractivity contribution in [3.63, 3.8) is 0 Å². The van der Waals surface area contributed by atoms with E-state index in [1.165, 1.54) is 0 Å². The molecule has 1 fully saturated rings. The maximum absolute atomic E-state index is 10.5. The van der Waals surface area contributed by atoms with Gasteiger partial charge in [0, 0.05) is 22.9 Å². The van der Waals surface area contributed by atoms with E-state index in [-0.39, 0.29) is 6.61 Å². The Bertz CT molecular complexity index is 579. The predicted octanol–water partition coefficient (Wildman–Crippen LogP) is 2.39. The summed E-state index contributed by atoms with van der Waals surface area (Å²) in [5, 5.41) is 23.3. The van der Waals surface area contributed by atoms with E-state index < -0.39 is 16.1 Å². The van der Waals surface area contributed by atoms with Gasteiger partial charge in [-0.15, -0.1) is 0 Å². The molecule has 1 saturated carbocycles. The molecule has 23 heavy (non-hydrogen) atoms. The lowest BCUT2D eigenvalue weighted by molar-refractivity contribution is -0.152. The first-order valence-corrected chi connectivity index (χ1v) is 9.38. The Labute approximate surface area is 146 Å². The summed E-state index contributed by atoms with van der Waals surface area (Å²) in [6.07, 6.45) is 4.06. The smallest absolute Gasteiger partial charge is 0.333 e. The molecule has 1 aromatic carbocycles. The molecule has 132 valence electrons. The second-order valence-electron chi connectivity index (χ2n) is 5.31. The number of nitrogens with two attached hydrogens (primary N) is 1. The molecular formula is C14H21Cl2NO5S. The van der Waals surface area contributed by atoms with Crippen molar-refractivity contribution in [2.24, 2.45) is 5.14 Å². The third-order valence-electron chi connectivity index (χ3n) is 3.28. The van der Waals surface area contributed by atoms with Gasteiger partial charge in [0.05, 0.1) is 6.61 Å². The maximum atomic E-state index is 10.5. The Morgan fingerprint density at radius 3 is 2.09 bits per heavy atom. The number of hydrogen-bond acceptors (Lipinski definition) is 5. The number of hydrogen-bond donors (Lipinski definition) is 3. The maximum Gasteiger partial charge on any atom is 0.333 e. The third-order valence-corrected chi connectivity index (χ3v) is 4.49. The average Bonchev–Trinajstić information content (AvgIpc) is 2.81. The van der Waals surface area contributed by atoms with E-state index >= 15 is 0 Å². The second-order valence-corrected chi connectivity index (χ2v) is 7.34. The zero-order chi connectivity index (χ0) is 17.5. The predicted molar refractivity (Wildman–Crippen MR) is 89.5 cm³/mol. The highest BCUT2D eigenvalue weighted by Crippen LogP contribution is 2.26. The molecule has 9 heteroatoms. The topological polar surface area (TPSA) is 110 Å². The van der Waals surface area contributed by atoms with E-state index in [2.05, 4.69) is 9.32 Å². The van der Waals surface area contributed by atoms with Crippen LogP contribution in [-0.2, 0) is 20.9 Å².